The first-order valence-corrected chi connectivity index (χ1v) is 6.33. The van der Waals surface area contributed by atoms with Crippen molar-refractivity contribution in [2.24, 2.45) is 5.84 Å². The summed E-state index contributed by atoms with van der Waals surface area (Å²) < 4.78 is 4.92. The van der Waals surface area contributed by atoms with E-state index in [0.717, 1.165) is 23.8 Å². The molecule has 1 rings (SSSR count). The van der Waals surface area contributed by atoms with E-state index in [-0.39, 0.29) is 5.91 Å². The Morgan fingerprint density at radius 1 is 1.80 bits per heavy atom. The topological polar surface area (TPSA) is 77.2 Å². The maximum Gasteiger partial charge on any atom is 0.294 e. The Kier molecular flexibility index (Phi) is 5.62. The van der Waals surface area contributed by atoms with E-state index in [1.54, 1.807) is 18.9 Å². The first-order chi connectivity index (χ1) is 7.27. The van der Waals surface area contributed by atoms with Crippen LogP contribution in [0.4, 0.5) is 0 Å². The number of amides is 1. The number of hydrazine groups is 1. The fourth-order valence-corrected chi connectivity index (χ4v) is 2.47. The van der Waals surface area contributed by atoms with Crippen molar-refractivity contribution >= 4 is 29.0 Å². The van der Waals surface area contributed by atoms with Gasteiger partial charge < -0.3 is 4.74 Å². The molecule has 0 fully saturated rings. The number of ether oxygens (including phenoxy) is 1. The summed E-state index contributed by atoms with van der Waals surface area (Å²) in [6.07, 6.45) is 0. The van der Waals surface area contributed by atoms with E-state index in [1.165, 1.54) is 11.3 Å². The molecule has 0 aliphatic rings. The van der Waals surface area contributed by atoms with Gasteiger partial charge in [0, 0.05) is 24.0 Å². The minimum absolute atomic E-state index is 0.340. The Labute approximate surface area is 96.4 Å². The van der Waals surface area contributed by atoms with Crippen molar-refractivity contribution in [3.8, 4) is 0 Å². The van der Waals surface area contributed by atoms with Crippen LogP contribution in [0.15, 0.2) is 5.38 Å². The van der Waals surface area contributed by atoms with Crippen molar-refractivity contribution in [1.82, 2.24) is 10.4 Å². The van der Waals surface area contributed by atoms with Crippen molar-refractivity contribution in [1.29, 1.82) is 0 Å². The molecule has 0 unspecified atom stereocenters. The number of rotatable bonds is 6. The van der Waals surface area contributed by atoms with Crippen LogP contribution >= 0.6 is 23.1 Å². The van der Waals surface area contributed by atoms with Gasteiger partial charge in [-0.05, 0) is 0 Å². The van der Waals surface area contributed by atoms with Gasteiger partial charge in [-0.2, -0.15) is 11.8 Å². The van der Waals surface area contributed by atoms with E-state index in [4.69, 9.17) is 10.6 Å². The Hall–Kier alpha value is -0.630. The summed E-state index contributed by atoms with van der Waals surface area (Å²) >= 11 is 3.02. The van der Waals surface area contributed by atoms with E-state index in [1.807, 2.05) is 5.38 Å². The molecule has 0 atom stereocenters. The molecule has 0 radical (unpaired) electrons. The minimum Gasteiger partial charge on any atom is -0.384 e. The van der Waals surface area contributed by atoms with Crippen LogP contribution < -0.4 is 11.3 Å². The number of hydrogen-bond donors (Lipinski definition) is 2. The molecule has 0 spiro atoms. The van der Waals surface area contributed by atoms with Crippen molar-refractivity contribution in [2.75, 3.05) is 19.5 Å². The molecule has 3 N–H and O–H groups in total. The number of aromatic nitrogens is 1. The lowest BCUT2D eigenvalue weighted by atomic mass is 10.5. The van der Waals surface area contributed by atoms with Gasteiger partial charge in [0.1, 0.15) is 0 Å². The van der Waals surface area contributed by atoms with Gasteiger partial charge in [-0.3, -0.25) is 10.2 Å². The van der Waals surface area contributed by atoms with Crippen LogP contribution in [0.3, 0.4) is 0 Å². The van der Waals surface area contributed by atoms with Gasteiger partial charge in [-0.1, -0.05) is 0 Å². The largest absolute Gasteiger partial charge is 0.384 e. The molecule has 0 aliphatic carbocycles. The monoisotopic (exact) mass is 247 g/mol. The van der Waals surface area contributed by atoms with Crippen LogP contribution in [-0.2, 0) is 10.5 Å². The molecule has 84 valence electrons. The molecule has 0 bridgehead atoms. The highest BCUT2D eigenvalue weighted by Gasteiger charge is 2.08. The van der Waals surface area contributed by atoms with Gasteiger partial charge in [0.05, 0.1) is 12.3 Å². The summed E-state index contributed by atoms with van der Waals surface area (Å²) in [5.41, 5.74) is 2.96. The minimum atomic E-state index is -0.340. The molecule has 0 saturated carbocycles. The first-order valence-electron chi connectivity index (χ1n) is 4.30. The zero-order valence-electron chi connectivity index (χ0n) is 8.36. The van der Waals surface area contributed by atoms with Gasteiger partial charge in [0.25, 0.3) is 5.91 Å². The zero-order valence-corrected chi connectivity index (χ0v) is 9.99. The normalized spacial score (nSPS) is 10.3. The molecule has 0 aliphatic heterocycles. The van der Waals surface area contributed by atoms with Crippen LogP contribution in [0.5, 0.6) is 0 Å². The summed E-state index contributed by atoms with van der Waals surface area (Å²) in [4.78, 5) is 15.2. The van der Waals surface area contributed by atoms with E-state index in [9.17, 15) is 4.79 Å². The SMILES string of the molecule is COCCSCc1csc(C(=O)NN)n1. The predicted octanol–water partition coefficient (Wildman–Crippen LogP) is 0.626. The van der Waals surface area contributed by atoms with E-state index in [2.05, 4.69) is 10.4 Å². The third kappa shape index (κ3) is 4.17. The van der Waals surface area contributed by atoms with Crippen LogP contribution in [0, 0.1) is 0 Å². The summed E-state index contributed by atoms with van der Waals surface area (Å²) in [6, 6.07) is 0. The Morgan fingerprint density at radius 2 is 2.60 bits per heavy atom. The third-order valence-electron chi connectivity index (χ3n) is 1.56. The van der Waals surface area contributed by atoms with Gasteiger partial charge in [-0.25, -0.2) is 10.8 Å². The molecule has 5 nitrogen and oxygen atoms in total. The van der Waals surface area contributed by atoms with E-state index in [0.29, 0.717) is 5.01 Å². The lowest BCUT2D eigenvalue weighted by Crippen LogP contribution is -2.29. The molecule has 0 saturated heterocycles. The Balaban J connectivity index is 2.36. The fraction of sp³-hybridized carbons (Fsp3) is 0.500. The summed E-state index contributed by atoms with van der Waals surface area (Å²) in [6.45, 7) is 0.727. The summed E-state index contributed by atoms with van der Waals surface area (Å²) in [5.74, 6) is 6.37. The maximum atomic E-state index is 11.1. The smallest absolute Gasteiger partial charge is 0.294 e. The first kappa shape index (κ1) is 12.4. The molecule has 1 amide bonds. The second kappa shape index (κ2) is 6.78. The molecule has 1 aromatic rings. The van der Waals surface area contributed by atoms with Crippen molar-refractivity contribution in [3.63, 3.8) is 0 Å². The van der Waals surface area contributed by atoms with Gasteiger partial charge >= 0.3 is 0 Å². The molecular formula is C8H13N3O2S2. The molecule has 1 aromatic heterocycles. The lowest BCUT2D eigenvalue weighted by Gasteiger charge is -1.97. The molecular weight excluding hydrogens is 234 g/mol. The number of methoxy groups -OCH3 is 1. The van der Waals surface area contributed by atoms with Gasteiger partial charge in [-0.15, -0.1) is 11.3 Å². The Bertz CT molecular complexity index is 317. The van der Waals surface area contributed by atoms with Crippen LogP contribution in [0.25, 0.3) is 0 Å². The van der Waals surface area contributed by atoms with Crippen LogP contribution in [0.1, 0.15) is 15.5 Å². The van der Waals surface area contributed by atoms with Crippen molar-refractivity contribution in [2.45, 2.75) is 5.75 Å². The van der Waals surface area contributed by atoms with E-state index >= 15 is 0 Å². The number of nitrogens with one attached hydrogen (secondary N) is 1. The standard InChI is InChI=1S/C8H13N3O2S2/c1-13-2-3-14-4-6-5-15-8(10-6)7(12)11-9/h5H,2-4,9H2,1H3,(H,11,12). The number of carbonyl (C=O) groups is 1. The van der Waals surface area contributed by atoms with Gasteiger partial charge in [0.15, 0.2) is 5.01 Å². The number of nitrogens with zero attached hydrogens (tertiary/aromatic N) is 1. The summed E-state index contributed by atoms with van der Waals surface area (Å²) in [7, 11) is 1.67. The summed E-state index contributed by atoms with van der Waals surface area (Å²) in [5, 5.41) is 2.27. The Morgan fingerprint density at radius 3 is 3.27 bits per heavy atom. The highest BCUT2D eigenvalue weighted by atomic mass is 32.2. The van der Waals surface area contributed by atoms with Crippen LogP contribution in [0.2, 0.25) is 0 Å². The fourth-order valence-electron chi connectivity index (χ4n) is 0.858. The molecule has 0 aromatic carbocycles. The predicted molar refractivity (Wildman–Crippen MR) is 61.8 cm³/mol. The van der Waals surface area contributed by atoms with Crippen molar-refractivity contribution in [3.05, 3.63) is 16.1 Å². The average Bonchev–Trinajstić information content (AvgIpc) is 2.72. The third-order valence-corrected chi connectivity index (χ3v) is 3.40. The number of nitrogens with two attached hydrogens (primary N) is 1. The highest BCUT2D eigenvalue weighted by molar-refractivity contribution is 7.98. The number of thiazole rings is 1. The maximum absolute atomic E-state index is 11.1. The van der Waals surface area contributed by atoms with E-state index < -0.39 is 0 Å². The second-order valence-electron chi connectivity index (χ2n) is 2.66. The van der Waals surface area contributed by atoms with Gasteiger partial charge in [0.2, 0.25) is 0 Å². The number of nitrogen functional groups attached to an aromatic ring is 1. The lowest BCUT2D eigenvalue weighted by molar-refractivity contribution is 0.0953. The highest BCUT2D eigenvalue weighted by Crippen LogP contribution is 2.15. The molecule has 15 heavy (non-hydrogen) atoms. The number of thioether (sulfide) groups is 1. The quantitative estimate of drug-likeness (QED) is 0.333. The zero-order chi connectivity index (χ0) is 11.1. The number of carbonyl (C=O) groups excluding carboxylic acids is 1. The average molecular weight is 247 g/mol. The molecule has 1 heterocycles. The van der Waals surface area contributed by atoms with Crippen molar-refractivity contribution < 1.29 is 9.53 Å². The number of hydrogen-bond acceptors (Lipinski definition) is 6. The van der Waals surface area contributed by atoms with Crippen LogP contribution in [-0.4, -0.2) is 30.4 Å². The molecule has 7 heteroatoms. The second-order valence-corrected chi connectivity index (χ2v) is 4.63.